The van der Waals surface area contributed by atoms with E-state index in [-0.39, 0.29) is 17.4 Å². The summed E-state index contributed by atoms with van der Waals surface area (Å²) in [5.74, 6) is -0.566. The molecule has 0 bridgehead atoms. The maximum absolute atomic E-state index is 12.5. The Morgan fingerprint density at radius 2 is 1.89 bits per heavy atom. The Bertz CT molecular complexity index is 1040. The molecule has 0 atom stereocenters. The van der Waals surface area contributed by atoms with Gasteiger partial charge in [0.25, 0.3) is 11.8 Å². The number of nitrogens with zero attached hydrogens (tertiary/aromatic N) is 2. The Morgan fingerprint density at radius 3 is 2.64 bits per heavy atom. The van der Waals surface area contributed by atoms with Gasteiger partial charge in [0.1, 0.15) is 0 Å². The zero-order valence-electron chi connectivity index (χ0n) is 15.1. The number of benzene rings is 2. The predicted octanol–water partition coefficient (Wildman–Crippen LogP) is 2.62. The molecule has 1 aromatic heterocycles. The van der Waals surface area contributed by atoms with E-state index in [1.165, 1.54) is 13.2 Å². The molecular weight excluding hydrogens is 469 g/mol. The van der Waals surface area contributed by atoms with Crippen molar-refractivity contribution in [3.63, 3.8) is 0 Å². The van der Waals surface area contributed by atoms with E-state index < -0.39 is 5.91 Å². The molecule has 2 aromatic carbocycles. The lowest BCUT2D eigenvalue weighted by atomic mass is 10.1. The van der Waals surface area contributed by atoms with Gasteiger partial charge in [0.15, 0.2) is 11.5 Å². The highest BCUT2D eigenvalue weighted by atomic mass is 127. The number of nitrogens with one attached hydrogen (secondary N) is 2. The molecule has 0 aliphatic carbocycles. The first-order valence-corrected chi connectivity index (χ1v) is 9.53. The highest BCUT2D eigenvalue weighted by molar-refractivity contribution is 14.1. The average Bonchev–Trinajstić information content (AvgIpc) is 2.72. The number of amides is 2. The third kappa shape index (κ3) is 4.63. The molecular formula is C20H18IN5O2. The van der Waals surface area contributed by atoms with E-state index >= 15 is 0 Å². The molecule has 4 N–H and O–H groups in total. The summed E-state index contributed by atoms with van der Waals surface area (Å²) in [4.78, 5) is 32.7. The van der Waals surface area contributed by atoms with Gasteiger partial charge in [-0.2, -0.15) is 0 Å². The maximum atomic E-state index is 12.5. The molecule has 3 aromatic rings. The van der Waals surface area contributed by atoms with Gasteiger partial charge in [-0.3, -0.25) is 9.59 Å². The Morgan fingerprint density at radius 1 is 1.11 bits per heavy atom. The van der Waals surface area contributed by atoms with Gasteiger partial charge in [-0.05, 0) is 52.4 Å². The SMILES string of the molecule is CNC(=O)c1nc(-c2cccc(C(=O)NCc3cccc(I)c3)c2)cnc1N. The van der Waals surface area contributed by atoms with Crippen molar-refractivity contribution in [3.8, 4) is 11.3 Å². The second kappa shape index (κ2) is 8.79. The topological polar surface area (TPSA) is 110 Å². The lowest BCUT2D eigenvalue weighted by molar-refractivity contribution is 0.0945. The van der Waals surface area contributed by atoms with Crippen LogP contribution in [0.4, 0.5) is 5.82 Å². The van der Waals surface area contributed by atoms with Crippen molar-refractivity contribution in [1.82, 2.24) is 20.6 Å². The number of carbonyl (C=O) groups is 2. The van der Waals surface area contributed by atoms with Gasteiger partial charge in [-0.1, -0.05) is 24.3 Å². The summed E-state index contributed by atoms with van der Waals surface area (Å²) in [5.41, 5.74) is 8.42. The summed E-state index contributed by atoms with van der Waals surface area (Å²) in [6, 6.07) is 14.9. The van der Waals surface area contributed by atoms with E-state index in [1.807, 2.05) is 24.3 Å². The molecule has 0 unspecified atom stereocenters. The zero-order chi connectivity index (χ0) is 20.1. The minimum absolute atomic E-state index is 0.0496. The van der Waals surface area contributed by atoms with Crippen LogP contribution >= 0.6 is 22.6 Å². The summed E-state index contributed by atoms with van der Waals surface area (Å²) in [6.45, 7) is 0.433. The van der Waals surface area contributed by atoms with Gasteiger partial charge < -0.3 is 16.4 Å². The lowest BCUT2D eigenvalue weighted by Crippen LogP contribution is -2.23. The predicted molar refractivity (Wildman–Crippen MR) is 116 cm³/mol. The van der Waals surface area contributed by atoms with E-state index in [9.17, 15) is 9.59 Å². The molecule has 0 spiro atoms. The van der Waals surface area contributed by atoms with E-state index in [0.29, 0.717) is 23.4 Å². The highest BCUT2D eigenvalue weighted by Gasteiger charge is 2.14. The number of anilines is 1. The van der Waals surface area contributed by atoms with Gasteiger partial charge >= 0.3 is 0 Å². The van der Waals surface area contributed by atoms with Crippen molar-refractivity contribution in [2.45, 2.75) is 6.54 Å². The van der Waals surface area contributed by atoms with Gasteiger partial charge in [0.2, 0.25) is 0 Å². The molecule has 1 heterocycles. The van der Waals surface area contributed by atoms with Crippen LogP contribution in [0, 0.1) is 3.57 Å². The Balaban J connectivity index is 1.80. The molecule has 0 radical (unpaired) electrons. The quantitative estimate of drug-likeness (QED) is 0.480. The standard InChI is InChI=1S/C20H18IN5O2/c1-23-20(28)17-18(22)24-11-16(26-17)13-5-3-6-14(9-13)19(27)25-10-12-4-2-7-15(21)8-12/h2-9,11H,10H2,1H3,(H2,22,24)(H,23,28)(H,25,27). The fraction of sp³-hybridized carbons (Fsp3) is 0.100. The highest BCUT2D eigenvalue weighted by Crippen LogP contribution is 2.20. The molecule has 0 aliphatic heterocycles. The third-order valence-corrected chi connectivity index (χ3v) is 4.68. The Hall–Kier alpha value is -3.01. The monoisotopic (exact) mass is 487 g/mol. The van der Waals surface area contributed by atoms with Gasteiger partial charge in [0.05, 0.1) is 11.9 Å². The van der Waals surface area contributed by atoms with Crippen LogP contribution in [0.2, 0.25) is 0 Å². The summed E-state index contributed by atoms with van der Waals surface area (Å²) >= 11 is 2.23. The molecule has 0 saturated carbocycles. The Kier molecular flexibility index (Phi) is 6.19. The van der Waals surface area contributed by atoms with Crippen molar-refractivity contribution in [3.05, 3.63) is 75.1 Å². The van der Waals surface area contributed by atoms with Crippen molar-refractivity contribution in [1.29, 1.82) is 0 Å². The molecule has 8 heteroatoms. The van der Waals surface area contributed by atoms with Crippen molar-refractivity contribution < 1.29 is 9.59 Å². The number of hydrogen-bond donors (Lipinski definition) is 3. The summed E-state index contributed by atoms with van der Waals surface area (Å²) < 4.78 is 1.11. The number of carbonyl (C=O) groups excluding carboxylic acids is 2. The maximum Gasteiger partial charge on any atom is 0.273 e. The van der Waals surface area contributed by atoms with Crippen LogP contribution in [0.3, 0.4) is 0 Å². The van der Waals surface area contributed by atoms with Crippen molar-refractivity contribution >= 4 is 40.2 Å². The number of aromatic nitrogens is 2. The van der Waals surface area contributed by atoms with Crippen LogP contribution in [0.5, 0.6) is 0 Å². The van der Waals surface area contributed by atoms with Crippen LogP contribution < -0.4 is 16.4 Å². The minimum atomic E-state index is -0.418. The van der Waals surface area contributed by atoms with Gasteiger partial charge in [-0.15, -0.1) is 0 Å². The number of nitrogen functional groups attached to an aromatic ring is 1. The zero-order valence-corrected chi connectivity index (χ0v) is 17.2. The van der Waals surface area contributed by atoms with Gasteiger partial charge in [0, 0.05) is 28.3 Å². The Labute approximate surface area is 175 Å². The molecule has 0 saturated heterocycles. The second-order valence-corrected chi connectivity index (χ2v) is 7.21. The number of hydrogen-bond acceptors (Lipinski definition) is 5. The van der Waals surface area contributed by atoms with Crippen LogP contribution in [-0.2, 0) is 6.54 Å². The number of rotatable bonds is 5. The lowest BCUT2D eigenvalue weighted by Gasteiger charge is -2.09. The fourth-order valence-electron chi connectivity index (χ4n) is 2.57. The second-order valence-electron chi connectivity index (χ2n) is 5.96. The van der Waals surface area contributed by atoms with E-state index in [0.717, 1.165) is 9.13 Å². The van der Waals surface area contributed by atoms with Crippen LogP contribution in [0.15, 0.2) is 54.7 Å². The van der Waals surface area contributed by atoms with Crippen molar-refractivity contribution in [2.75, 3.05) is 12.8 Å². The normalized spacial score (nSPS) is 10.4. The van der Waals surface area contributed by atoms with E-state index in [1.54, 1.807) is 24.3 Å². The molecule has 0 aliphatic rings. The fourth-order valence-corrected chi connectivity index (χ4v) is 3.18. The first kappa shape index (κ1) is 19.7. The van der Waals surface area contributed by atoms with E-state index in [2.05, 4.69) is 43.2 Å². The van der Waals surface area contributed by atoms with Crippen LogP contribution in [-0.4, -0.2) is 28.8 Å². The van der Waals surface area contributed by atoms with Gasteiger partial charge in [-0.25, -0.2) is 9.97 Å². The first-order chi connectivity index (χ1) is 13.5. The molecule has 0 fully saturated rings. The molecule has 28 heavy (non-hydrogen) atoms. The molecule has 7 nitrogen and oxygen atoms in total. The molecule has 3 rings (SSSR count). The minimum Gasteiger partial charge on any atom is -0.382 e. The van der Waals surface area contributed by atoms with E-state index in [4.69, 9.17) is 5.73 Å². The first-order valence-electron chi connectivity index (χ1n) is 8.45. The summed E-state index contributed by atoms with van der Waals surface area (Å²) in [5, 5.41) is 5.39. The van der Waals surface area contributed by atoms with Crippen LogP contribution in [0.25, 0.3) is 11.3 Å². The number of nitrogens with two attached hydrogens (primary N) is 1. The summed E-state index contributed by atoms with van der Waals surface area (Å²) in [7, 11) is 1.49. The molecule has 142 valence electrons. The number of halogens is 1. The largest absolute Gasteiger partial charge is 0.382 e. The third-order valence-electron chi connectivity index (χ3n) is 4.01. The van der Waals surface area contributed by atoms with Crippen molar-refractivity contribution in [2.24, 2.45) is 0 Å². The van der Waals surface area contributed by atoms with Crippen LogP contribution in [0.1, 0.15) is 26.4 Å². The summed E-state index contributed by atoms with van der Waals surface area (Å²) in [6.07, 6.45) is 1.48. The smallest absolute Gasteiger partial charge is 0.273 e. The molecule has 2 amide bonds. The average molecular weight is 487 g/mol.